The molecule has 0 aliphatic heterocycles. The van der Waals surface area contributed by atoms with Crippen molar-refractivity contribution in [2.24, 2.45) is 13.0 Å². The quantitative estimate of drug-likeness (QED) is 0.0327. The topological polar surface area (TPSA) is 228 Å². The summed E-state index contributed by atoms with van der Waals surface area (Å²) in [5.74, 6) is -4.51. The molecule has 17 nitrogen and oxygen atoms in total. The molecule has 0 spiro atoms. The number of anilines is 1. The maximum Gasteiger partial charge on any atom is 0.431 e. The zero-order valence-electron chi connectivity index (χ0n) is 38.1. The number of carbonyl (C=O) groups excluding carboxylic acids is 5. The van der Waals surface area contributed by atoms with E-state index in [1.54, 1.807) is 25.9 Å². The number of benzene rings is 3. The van der Waals surface area contributed by atoms with Gasteiger partial charge in [0, 0.05) is 45.4 Å². The molecular formula is C45H49Cl2F3N4O13S. The van der Waals surface area contributed by atoms with Gasteiger partial charge >= 0.3 is 17.8 Å². The number of sulfone groups is 1. The van der Waals surface area contributed by atoms with E-state index in [1.165, 1.54) is 12.1 Å². The Morgan fingerprint density at radius 1 is 0.971 bits per heavy atom. The lowest BCUT2D eigenvalue weighted by Gasteiger charge is -2.31. The van der Waals surface area contributed by atoms with Crippen LogP contribution >= 0.6 is 23.2 Å². The number of aryl methyl sites for hydroxylation is 2. The monoisotopic (exact) mass is 1010 g/mol. The molecule has 1 unspecified atom stereocenters. The molecule has 0 saturated heterocycles. The highest BCUT2D eigenvalue weighted by Gasteiger charge is 2.39. The van der Waals surface area contributed by atoms with Gasteiger partial charge in [0.2, 0.25) is 5.91 Å². The van der Waals surface area contributed by atoms with Crippen LogP contribution in [0.15, 0.2) is 75.1 Å². The highest BCUT2D eigenvalue weighted by Crippen LogP contribution is 2.31. The normalized spacial score (nSPS) is 13.4. The highest BCUT2D eigenvalue weighted by atomic mass is 35.5. The first-order chi connectivity index (χ1) is 31.6. The molecule has 1 aromatic heterocycles. The number of ether oxygens (including phenoxy) is 2. The van der Waals surface area contributed by atoms with E-state index in [-0.39, 0.29) is 51.8 Å². The number of nitro benzene ring substituents is 1. The summed E-state index contributed by atoms with van der Waals surface area (Å²) in [6, 6.07) is 12.7. The molecular weight excluding hydrogens is 964 g/mol. The molecule has 1 saturated carbocycles. The van der Waals surface area contributed by atoms with Crippen molar-refractivity contribution >= 4 is 73.6 Å². The van der Waals surface area contributed by atoms with Gasteiger partial charge in [-0.25, -0.2) is 22.6 Å². The fourth-order valence-corrected chi connectivity index (χ4v) is 7.96. The Morgan fingerprint density at radius 2 is 1.59 bits per heavy atom. The number of hydrogen-bond donors (Lipinski definition) is 0. The third-order valence-corrected chi connectivity index (χ3v) is 11.8. The van der Waals surface area contributed by atoms with Gasteiger partial charge in [0.1, 0.15) is 17.5 Å². The third kappa shape index (κ3) is 13.8. The first kappa shape index (κ1) is 56.3. The van der Waals surface area contributed by atoms with E-state index in [0.717, 1.165) is 60.8 Å². The summed E-state index contributed by atoms with van der Waals surface area (Å²) >= 11 is 11.7. The van der Waals surface area contributed by atoms with Crippen molar-refractivity contribution in [2.75, 3.05) is 30.8 Å². The van der Waals surface area contributed by atoms with Crippen molar-refractivity contribution in [1.82, 2.24) is 9.13 Å². The number of esters is 1. The van der Waals surface area contributed by atoms with Crippen molar-refractivity contribution in [3.8, 4) is 5.69 Å². The van der Waals surface area contributed by atoms with Crippen LogP contribution in [0.4, 0.5) is 24.5 Å². The summed E-state index contributed by atoms with van der Waals surface area (Å²) in [7, 11) is -1.17. The Kier molecular flexibility index (Phi) is 19.7. The second-order valence-electron chi connectivity index (χ2n) is 15.6. The second kappa shape index (κ2) is 23.8. The zero-order chi connectivity index (χ0) is 51.6. The molecule has 1 aliphatic rings. The number of aromatic nitrogens is 2. The predicted octanol–water partition coefficient (Wildman–Crippen LogP) is 7.06. The molecule has 368 valence electrons. The third-order valence-electron chi connectivity index (χ3n) is 10.2. The lowest BCUT2D eigenvalue weighted by molar-refractivity contribution is -0.385. The molecule has 0 radical (unpaired) electrons. The summed E-state index contributed by atoms with van der Waals surface area (Å²) in [6.07, 6.45) is -3.06. The van der Waals surface area contributed by atoms with Crippen molar-refractivity contribution in [3.05, 3.63) is 125 Å². The number of amides is 1. The number of carbonyl (C=O) groups is 5. The number of rotatable bonds is 13. The van der Waals surface area contributed by atoms with Crippen LogP contribution in [0.25, 0.3) is 5.69 Å². The van der Waals surface area contributed by atoms with Gasteiger partial charge in [0.15, 0.2) is 27.2 Å². The van der Waals surface area contributed by atoms with E-state index in [9.17, 15) is 65.3 Å². The maximum atomic E-state index is 12.9. The Labute approximate surface area is 398 Å². The Bertz CT molecular complexity index is 2810. The summed E-state index contributed by atoms with van der Waals surface area (Å²) in [6.45, 7) is 9.79. The van der Waals surface area contributed by atoms with Gasteiger partial charge in [-0.1, -0.05) is 36.7 Å². The van der Waals surface area contributed by atoms with Crippen LogP contribution in [-0.2, 0) is 53.3 Å². The van der Waals surface area contributed by atoms with E-state index in [2.05, 4.69) is 13.0 Å². The smallest absolute Gasteiger partial charge is 0.431 e. The molecule has 5 rings (SSSR count). The Balaban J connectivity index is 0.000000274. The average Bonchev–Trinajstić information content (AvgIpc) is 3.25. The molecule has 1 amide bonds. The number of nitro groups is 1. The second-order valence-corrected chi connectivity index (χ2v) is 18.3. The number of Topliss-reactive ketones (excluding diaryl/α,β-unsaturated/α-hetero) is 3. The first-order valence-corrected chi connectivity index (χ1v) is 23.4. The lowest BCUT2D eigenvalue weighted by Crippen LogP contribution is -2.43. The van der Waals surface area contributed by atoms with Crippen LogP contribution in [0, 0.1) is 23.0 Å². The van der Waals surface area contributed by atoms with Gasteiger partial charge in [-0.3, -0.25) is 38.7 Å². The predicted molar refractivity (Wildman–Crippen MR) is 246 cm³/mol. The fraction of sp³-hybridized carbons (Fsp3) is 0.400. The van der Waals surface area contributed by atoms with Crippen LogP contribution in [0.5, 0.6) is 0 Å². The summed E-state index contributed by atoms with van der Waals surface area (Å²) in [5.41, 5.74) is -1.96. The van der Waals surface area contributed by atoms with E-state index < -0.39 is 84.5 Å². The van der Waals surface area contributed by atoms with Crippen molar-refractivity contribution < 1.29 is 60.0 Å². The molecule has 3 aromatic carbocycles. The molecule has 4 aromatic rings. The maximum absolute atomic E-state index is 12.9. The van der Waals surface area contributed by atoms with E-state index in [0.29, 0.717) is 28.2 Å². The number of methoxy groups -OCH3 is 1. The van der Waals surface area contributed by atoms with Crippen molar-refractivity contribution in [2.45, 2.75) is 83.5 Å². The SMILES string of the molecule is CC(C)OC(=O)c1cc(-n2c(=O)cc(C(F)(F)F)n(C)c2=O)ccc1Cl.CCc1cccc(C)c1N(C(=O)CCl)C(C)COC.CS(=O)(=O)c1ccc(C(=O)C2C(=O)CCCC2=O)c([N+](=O)[O-])c1. The molecule has 0 N–H and O–H groups in total. The van der Waals surface area contributed by atoms with E-state index in [1.807, 2.05) is 26.0 Å². The van der Waals surface area contributed by atoms with E-state index >= 15 is 0 Å². The standard InChI is InChI=1S/C16H14ClF3N2O4.C15H22ClNO2.C14H13NO7S/c1-8(2)26-14(24)10-6-9(4-5-11(10)17)22-13(23)7-12(16(18,19)20)21(3)15(22)25;1-5-13-8-6-7-11(2)15(13)17(14(18)9-16)12(3)10-19-4;1-23(21,22)8-5-6-9(10(7-8)15(19)20)14(18)13-11(16)3-2-4-12(13)17/h4-8H,1-3H3;6-8,12H,5,9-10H2,1-4H3;5-7,13H,2-4H2,1H3. The zero-order valence-corrected chi connectivity index (χ0v) is 40.5. The lowest BCUT2D eigenvalue weighted by atomic mass is 9.81. The van der Waals surface area contributed by atoms with Gasteiger partial charge in [-0.05, 0) is 82.0 Å². The van der Waals surface area contributed by atoms with E-state index in [4.69, 9.17) is 32.7 Å². The highest BCUT2D eigenvalue weighted by molar-refractivity contribution is 7.90. The molecule has 1 heterocycles. The number of halogens is 5. The van der Waals surface area contributed by atoms with Gasteiger partial charge in [-0.2, -0.15) is 13.2 Å². The first-order valence-electron chi connectivity index (χ1n) is 20.6. The molecule has 1 atom stereocenters. The molecule has 68 heavy (non-hydrogen) atoms. The van der Waals surface area contributed by atoms with Gasteiger partial charge < -0.3 is 14.4 Å². The molecule has 23 heteroatoms. The number of para-hydroxylation sites is 1. The summed E-state index contributed by atoms with van der Waals surface area (Å²) in [4.78, 5) is 96.4. The number of ketones is 3. The van der Waals surface area contributed by atoms with Crippen LogP contribution in [0.2, 0.25) is 5.02 Å². The fourth-order valence-electron chi connectivity index (χ4n) is 7.00. The van der Waals surface area contributed by atoms with Crippen LogP contribution in [0.3, 0.4) is 0 Å². The van der Waals surface area contributed by atoms with Crippen LogP contribution in [0.1, 0.15) is 84.5 Å². The average molecular weight is 1010 g/mol. The van der Waals surface area contributed by atoms with Crippen molar-refractivity contribution in [1.29, 1.82) is 0 Å². The van der Waals surface area contributed by atoms with Gasteiger partial charge in [-0.15, -0.1) is 11.6 Å². The minimum atomic E-state index is -4.86. The Morgan fingerprint density at radius 3 is 2.10 bits per heavy atom. The minimum Gasteiger partial charge on any atom is -0.459 e. The number of nitrogens with zero attached hydrogens (tertiary/aromatic N) is 4. The minimum absolute atomic E-state index is 0.0104. The summed E-state index contributed by atoms with van der Waals surface area (Å²) < 4.78 is 72.7. The molecule has 1 fully saturated rings. The number of alkyl halides is 4. The van der Waals surface area contributed by atoms with Crippen LogP contribution < -0.4 is 16.1 Å². The summed E-state index contributed by atoms with van der Waals surface area (Å²) in [5, 5.41) is 11.2. The molecule has 1 aliphatic carbocycles. The number of hydrogen-bond acceptors (Lipinski definition) is 13. The van der Waals surface area contributed by atoms with Gasteiger partial charge in [0.25, 0.3) is 11.2 Å². The molecule has 0 bridgehead atoms. The van der Waals surface area contributed by atoms with Crippen LogP contribution in [-0.4, -0.2) is 89.7 Å². The van der Waals surface area contributed by atoms with Gasteiger partial charge in [0.05, 0.1) is 56.1 Å². The Hall–Kier alpha value is -6.03. The largest absolute Gasteiger partial charge is 0.459 e. The van der Waals surface area contributed by atoms with Crippen molar-refractivity contribution in [3.63, 3.8) is 0 Å².